The molecule has 1 aromatic heterocycles. The van der Waals surface area contributed by atoms with Gasteiger partial charge < -0.3 is 5.32 Å². The van der Waals surface area contributed by atoms with Crippen LogP contribution in [0.2, 0.25) is 0 Å². The predicted molar refractivity (Wildman–Crippen MR) is 85.7 cm³/mol. The number of carbonyl (C=O) groups is 1. The Balaban J connectivity index is 2.16. The summed E-state index contributed by atoms with van der Waals surface area (Å²) >= 11 is 3.35. The average Bonchev–Trinajstić information content (AvgIpc) is 2.81. The van der Waals surface area contributed by atoms with Crippen LogP contribution < -0.4 is 5.32 Å². The standard InChI is InChI=1S/C16H23BrN2O/c1-11(2)10-16(8-4-5-9-16)15(20)19-13-6-7-14(17)18-12(13)3/h6-7,11H,4-5,8-10H2,1-3H3,(H,19,20). The molecule has 20 heavy (non-hydrogen) atoms. The lowest BCUT2D eigenvalue weighted by Gasteiger charge is -2.29. The summed E-state index contributed by atoms with van der Waals surface area (Å²) in [5.41, 5.74) is 1.51. The Morgan fingerprint density at radius 1 is 1.40 bits per heavy atom. The molecule has 0 bridgehead atoms. The van der Waals surface area contributed by atoms with Gasteiger partial charge in [-0.25, -0.2) is 4.98 Å². The molecule has 3 nitrogen and oxygen atoms in total. The van der Waals surface area contributed by atoms with Crippen LogP contribution in [0.1, 0.15) is 51.6 Å². The number of halogens is 1. The minimum absolute atomic E-state index is 0.173. The van der Waals surface area contributed by atoms with Crippen LogP contribution in [-0.4, -0.2) is 10.9 Å². The van der Waals surface area contributed by atoms with Crippen LogP contribution in [0.5, 0.6) is 0 Å². The Morgan fingerprint density at radius 2 is 2.05 bits per heavy atom. The second-order valence-corrected chi connectivity index (χ2v) is 7.12. The van der Waals surface area contributed by atoms with E-state index >= 15 is 0 Å². The Bertz CT molecular complexity index is 493. The molecule has 110 valence electrons. The largest absolute Gasteiger partial charge is 0.324 e. The molecule has 1 saturated carbocycles. The van der Waals surface area contributed by atoms with E-state index in [0.717, 1.165) is 48.1 Å². The molecule has 0 radical (unpaired) electrons. The molecule has 0 saturated heterocycles. The van der Waals surface area contributed by atoms with Crippen molar-refractivity contribution in [3.05, 3.63) is 22.4 Å². The van der Waals surface area contributed by atoms with Crippen LogP contribution in [0.3, 0.4) is 0 Å². The molecule has 2 rings (SSSR count). The lowest BCUT2D eigenvalue weighted by atomic mass is 9.77. The van der Waals surface area contributed by atoms with Crippen molar-refractivity contribution in [2.24, 2.45) is 11.3 Å². The van der Waals surface area contributed by atoms with Crippen LogP contribution >= 0.6 is 15.9 Å². The van der Waals surface area contributed by atoms with Crippen LogP contribution in [0.25, 0.3) is 0 Å². The number of hydrogen-bond acceptors (Lipinski definition) is 2. The maximum atomic E-state index is 12.8. The number of nitrogens with zero attached hydrogens (tertiary/aromatic N) is 1. The van der Waals surface area contributed by atoms with Gasteiger partial charge >= 0.3 is 0 Å². The number of amides is 1. The molecule has 4 heteroatoms. The molecular weight excluding hydrogens is 316 g/mol. The van der Waals surface area contributed by atoms with Gasteiger partial charge in [0.15, 0.2) is 0 Å². The van der Waals surface area contributed by atoms with E-state index < -0.39 is 0 Å². The summed E-state index contributed by atoms with van der Waals surface area (Å²) in [6.45, 7) is 6.31. The number of pyridine rings is 1. The number of anilines is 1. The van der Waals surface area contributed by atoms with E-state index in [-0.39, 0.29) is 11.3 Å². The fourth-order valence-electron chi connectivity index (χ4n) is 3.27. The minimum atomic E-state index is -0.173. The smallest absolute Gasteiger partial charge is 0.230 e. The molecular formula is C16H23BrN2O. The molecule has 0 aliphatic heterocycles. The van der Waals surface area contributed by atoms with E-state index in [1.54, 1.807) is 0 Å². The van der Waals surface area contributed by atoms with Crippen molar-refractivity contribution in [1.29, 1.82) is 0 Å². The molecule has 1 aliphatic carbocycles. The van der Waals surface area contributed by atoms with Crippen molar-refractivity contribution in [2.45, 2.75) is 52.9 Å². The van der Waals surface area contributed by atoms with Gasteiger partial charge in [0, 0.05) is 5.41 Å². The number of hydrogen-bond donors (Lipinski definition) is 1. The quantitative estimate of drug-likeness (QED) is 0.808. The molecule has 0 unspecified atom stereocenters. The van der Waals surface area contributed by atoms with Gasteiger partial charge in [-0.1, -0.05) is 26.7 Å². The molecule has 0 spiro atoms. The average molecular weight is 339 g/mol. The van der Waals surface area contributed by atoms with Gasteiger partial charge in [-0.2, -0.15) is 0 Å². The van der Waals surface area contributed by atoms with Crippen molar-refractivity contribution in [2.75, 3.05) is 5.32 Å². The molecule has 0 atom stereocenters. The van der Waals surface area contributed by atoms with E-state index in [1.165, 1.54) is 0 Å². The van der Waals surface area contributed by atoms with E-state index in [1.807, 2.05) is 19.1 Å². The minimum Gasteiger partial charge on any atom is -0.324 e. The number of nitrogens with one attached hydrogen (secondary N) is 1. The summed E-state index contributed by atoms with van der Waals surface area (Å²) in [6.07, 6.45) is 5.33. The fourth-order valence-corrected chi connectivity index (χ4v) is 3.67. The summed E-state index contributed by atoms with van der Waals surface area (Å²) in [5.74, 6) is 0.721. The Hall–Kier alpha value is -0.900. The predicted octanol–water partition coefficient (Wildman–Crippen LogP) is 4.70. The maximum absolute atomic E-state index is 12.8. The second kappa shape index (κ2) is 6.25. The third-order valence-electron chi connectivity index (χ3n) is 4.14. The summed E-state index contributed by atoms with van der Waals surface area (Å²) in [7, 11) is 0. The van der Waals surface area contributed by atoms with Crippen molar-refractivity contribution in [3.63, 3.8) is 0 Å². The summed E-state index contributed by atoms with van der Waals surface area (Å²) in [5, 5.41) is 3.10. The zero-order valence-electron chi connectivity index (χ0n) is 12.5. The highest BCUT2D eigenvalue weighted by Crippen LogP contribution is 2.44. The molecule has 1 N–H and O–H groups in total. The zero-order valence-corrected chi connectivity index (χ0v) is 14.1. The van der Waals surface area contributed by atoms with Crippen molar-refractivity contribution >= 4 is 27.5 Å². The zero-order chi connectivity index (χ0) is 14.8. The van der Waals surface area contributed by atoms with Crippen molar-refractivity contribution in [3.8, 4) is 0 Å². The van der Waals surface area contributed by atoms with Crippen LogP contribution in [0, 0.1) is 18.3 Å². The highest BCUT2D eigenvalue weighted by Gasteiger charge is 2.41. The number of aryl methyl sites for hydroxylation is 1. The molecule has 1 aliphatic rings. The molecule has 1 heterocycles. The SMILES string of the molecule is Cc1nc(Br)ccc1NC(=O)C1(CC(C)C)CCCC1. The van der Waals surface area contributed by atoms with Gasteiger partial charge in [0.2, 0.25) is 5.91 Å². The van der Waals surface area contributed by atoms with Crippen LogP contribution in [0.15, 0.2) is 16.7 Å². The van der Waals surface area contributed by atoms with E-state index in [4.69, 9.17) is 0 Å². The van der Waals surface area contributed by atoms with Gasteiger partial charge in [-0.3, -0.25) is 4.79 Å². The molecule has 1 fully saturated rings. The maximum Gasteiger partial charge on any atom is 0.230 e. The first kappa shape index (κ1) is 15.5. The number of carbonyl (C=O) groups excluding carboxylic acids is 1. The highest BCUT2D eigenvalue weighted by atomic mass is 79.9. The number of aromatic nitrogens is 1. The first-order valence-electron chi connectivity index (χ1n) is 7.37. The first-order chi connectivity index (χ1) is 9.43. The fraction of sp³-hybridized carbons (Fsp3) is 0.625. The van der Waals surface area contributed by atoms with Gasteiger partial charge in [0.1, 0.15) is 4.60 Å². The summed E-state index contributed by atoms with van der Waals surface area (Å²) < 4.78 is 0.797. The van der Waals surface area contributed by atoms with Crippen molar-refractivity contribution in [1.82, 2.24) is 4.98 Å². The van der Waals surface area contributed by atoms with Gasteiger partial charge in [-0.15, -0.1) is 0 Å². The van der Waals surface area contributed by atoms with Gasteiger partial charge in [0.25, 0.3) is 0 Å². The topological polar surface area (TPSA) is 42.0 Å². The Labute approximate surface area is 129 Å². The molecule has 1 aromatic rings. The normalized spacial score (nSPS) is 17.4. The molecule has 0 aromatic carbocycles. The summed E-state index contributed by atoms with van der Waals surface area (Å²) in [4.78, 5) is 17.1. The van der Waals surface area contributed by atoms with E-state index in [9.17, 15) is 4.79 Å². The van der Waals surface area contributed by atoms with E-state index in [0.29, 0.717) is 5.92 Å². The van der Waals surface area contributed by atoms with Gasteiger partial charge in [-0.05, 0) is 60.2 Å². The summed E-state index contributed by atoms with van der Waals surface area (Å²) in [6, 6.07) is 3.79. The number of rotatable bonds is 4. The van der Waals surface area contributed by atoms with Crippen LogP contribution in [0.4, 0.5) is 5.69 Å². The third kappa shape index (κ3) is 3.40. The first-order valence-corrected chi connectivity index (χ1v) is 8.17. The van der Waals surface area contributed by atoms with E-state index in [2.05, 4.69) is 40.1 Å². The Morgan fingerprint density at radius 3 is 2.60 bits per heavy atom. The van der Waals surface area contributed by atoms with Crippen LogP contribution in [-0.2, 0) is 4.79 Å². The second-order valence-electron chi connectivity index (χ2n) is 6.31. The monoisotopic (exact) mass is 338 g/mol. The lowest BCUT2D eigenvalue weighted by molar-refractivity contribution is -0.126. The Kier molecular flexibility index (Phi) is 4.84. The van der Waals surface area contributed by atoms with Crippen molar-refractivity contribution < 1.29 is 4.79 Å². The third-order valence-corrected chi connectivity index (χ3v) is 4.58. The van der Waals surface area contributed by atoms with Gasteiger partial charge in [0.05, 0.1) is 11.4 Å². The molecule has 1 amide bonds. The highest BCUT2D eigenvalue weighted by molar-refractivity contribution is 9.10. The lowest BCUT2D eigenvalue weighted by Crippen LogP contribution is -2.35.